The van der Waals surface area contributed by atoms with Crippen LogP contribution in [0.5, 0.6) is 5.75 Å². The van der Waals surface area contributed by atoms with E-state index in [0.717, 1.165) is 0 Å². The highest BCUT2D eigenvalue weighted by molar-refractivity contribution is 5.96. The van der Waals surface area contributed by atoms with Crippen molar-refractivity contribution >= 4 is 17.3 Å². The molecule has 1 aromatic rings. The van der Waals surface area contributed by atoms with Crippen LogP contribution in [0.15, 0.2) is 18.2 Å². The molecule has 0 aliphatic rings. The minimum Gasteiger partial charge on any atom is -0.495 e. The van der Waals surface area contributed by atoms with Crippen molar-refractivity contribution in [1.29, 1.82) is 0 Å². The van der Waals surface area contributed by atoms with E-state index in [4.69, 9.17) is 15.6 Å². The number of aliphatic hydroxyl groups excluding tert-OH is 1. The Hall–Kier alpha value is -1.79. The van der Waals surface area contributed by atoms with Gasteiger partial charge in [-0.2, -0.15) is 0 Å². The van der Waals surface area contributed by atoms with Crippen LogP contribution in [-0.4, -0.2) is 48.3 Å². The summed E-state index contributed by atoms with van der Waals surface area (Å²) >= 11 is 0. The van der Waals surface area contributed by atoms with Gasteiger partial charge in [-0.15, -0.1) is 0 Å². The van der Waals surface area contributed by atoms with Gasteiger partial charge in [-0.3, -0.25) is 9.69 Å². The van der Waals surface area contributed by atoms with Gasteiger partial charge in [0.2, 0.25) is 5.91 Å². The number of anilines is 2. The van der Waals surface area contributed by atoms with E-state index in [1.807, 2.05) is 25.7 Å². The van der Waals surface area contributed by atoms with Gasteiger partial charge in [0.1, 0.15) is 5.75 Å². The van der Waals surface area contributed by atoms with Crippen LogP contribution in [0, 0.1) is 0 Å². The number of nitrogens with zero attached hydrogens (tertiary/aromatic N) is 1. The number of nitrogens with one attached hydrogen (secondary N) is 1. The molecule has 0 fully saturated rings. The maximum Gasteiger partial charge on any atom is 0.241 e. The van der Waals surface area contributed by atoms with E-state index in [1.165, 1.54) is 7.11 Å². The molecule has 0 aromatic heterocycles. The lowest BCUT2D eigenvalue weighted by Crippen LogP contribution is -2.47. The maximum absolute atomic E-state index is 12.4. The molecule has 0 radical (unpaired) electrons. The second-order valence-electron chi connectivity index (χ2n) is 5.18. The minimum absolute atomic E-state index is 0.0113. The lowest BCUT2D eigenvalue weighted by Gasteiger charge is -2.31. The van der Waals surface area contributed by atoms with Crippen LogP contribution in [0.4, 0.5) is 11.4 Å². The molecular weight excluding hydrogens is 270 g/mol. The molecule has 0 spiro atoms. The first-order valence-electron chi connectivity index (χ1n) is 7.01. The molecule has 1 rings (SSSR count). The smallest absolute Gasteiger partial charge is 0.241 e. The Balaban J connectivity index is 2.87. The summed E-state index contributed by atoms with van der Waals surface area (Å²) in [6, 6.07) is 4.87. The number of nitrogens with two attached hydrogens (primary N) is 1. The summed E-state index contributed by atoms with van der Waals surface area (Å²) in [5.41, 5.74) is 6.83. The van der Waals surface area contributed by atoms with Crippen molar-refractivity contribution in [3.8, 4) is 5.75 Å². The molecule has 0 aliphatic heterocycles. The number of methoxy groups -OCH3 is 1. The average molecular weight is 295 g/mol. The summed E-state index contributed by atoms with van der Waals surface area (Å²) in [6.07, 6.45) is 0. The number of carbonyl (C=O) groups excluding carboxylic acids is 1. The van der Waals surface area contributed by atoms with Crippen LogP contribution in [0.3, 0.4) is 0 Å². The van der Waals surface area contributed by atoms with Gasteiger partial charge in [0.15, 0.2) is 0 Å². The van der Waals surface area contributed by atoms with E-state index in [-0.39, 0.29) is 24.6 Å². The van der Waals surface area contributed by atoms with Crippen LogP contribution in [0.25, 0.3) is 0 Å². The Kier molecular flexibility index (Phi) is 6.45. The topological polar surface area (TPSA) is 87.8 Å². The van der Waals surface area contributed by atoms with E-state index >= 15 is 0 Å². The number of nitrogen functional groups attached to an aromatic ring is 1. The van der Waals surface area contributed by atoms with Gasteiger partial charge in [-0.25, -0.2) is 0 Å². The molecule has 0 aliphatic carbocycles. The fraction of sp³-hybridized carbons (Fsp3) is 0.533. The standard InChI is InChI=1S/C15H25N3O3/c1-10(2)18(7-8-19)11(3)15(20)17-13-9-12(16)5-6-14(13)21-4/h5-6,9-11,19H,7-8,16H2,1-4H3,(H,17,20). The lowest BCUT2D eigenvalue weighted by molar-refractivity contribution is -0.121. The molecule has 118 valence electrons. The van der Waals surface area contributed by atoms with E-state index < -0.39 is 0 Å². The Morgan fingerprint density at radius 3 is 2.62 bits per heavy atom. The summed E-state index contributed by atoms with van der Waals surface area (Å²) in [6.45, 7) is 6.24. The van der Waals surface area contributed by atoms with Crippen molar-refractivity contribution in [2.75, 3.05) is 31.3 Å². The van der Waals surface area contributed by atoms with Gasteiger partial charge in [0, 0.05) is 18.3 Å². The highest BCUT2D eigenvalue weighted by atomic mass is 16.5. The van der Waals surface area contributed by atoms with E-state index in [0.29, 0.717) is 23.7 Å². The fourth-order valence-electron chi connectivity index (χ4n) is 2.23. The molecule has 0 saturated carbocycles. The number of hydrogen-bond donors (Lipinski definition) is 3. The van der Waals surface area contributed by atoms with Crippen molar-refractivity contribution in [2.24, 2.45) is 0 Å². The molecule has 21 heavy (non-hydrogen) atoms. The number of hydrogen-bond acceptors (Lipinski definition) is 5. The largest absolute Gasteiger partial charge is 0.495 e. The van der Waals surface area contributed by atoms with Gasteiger partial charge in [0.25, 0.3) is 0 Å². The zero-order chi connectivity index (χ0) is 16.0. The summed E-state index contributed by atoms with van der Waals surface area (Å²) in [5.74, 6) is 0.393. The van der Waals surface area contributed by atoms with Crippen LogP contribution in [-0.2, 0) is 4.79 Å². The third kappa shape index (κ3) is 4.61. The Morgan fingerprint density at radius 2 is 2.10 bits per heavy atom. The van der Waals surface area contributed by atoms with E-state index in [1.54, 1.807) is 18.2 Å². The lowest BCUT2D eigenvalue weighted by atomic mass is 10.2. The molecular formula is C15H25N3O3. The van der Waals surface area contributed by atoms with Gasteiger partial charge in [0.05, 0.1) is 25.4 Å². The molecule has 0 heterocycles. The van der Waals surface area contributed by atoms with Gasteiger partial charge >= 0.3 is 0 Å². The highest BCUT2D eigenvalue weighted by Gasteiger charge is 2.23. The average Bonchev–Trinajstić information content (AvgIpc) is 2.44. The first-order chi connectivity index (χ1) is 9.90. The third-order valence-corrected chi connectivity index (χ3v) is 3.38. The Morgan fingerprint density at radius 1 is 1.43 bits per heavy atom. The predicted octanol–water partition coefficient (Wildman–Crippen LogP) is 1.31. The zero-order valence-electron chi connectivity index (χ0n) is 13.1. The summed E-state index contributed by atoms with van der Waals surface area (Å²) in [4.78, 5) is 14.3. The normalized spacial score (nSPS) is 12.5. The van der Waals surface area contributed by atoms with Crippen molar-refractivity contribution in [1.82, 2.24) is 4.90 Å². The fourth-order valence-corrected chi connectivity index (χ4v) is 2.23. The molecule has 1 aromatic carbocycles. The van der Waals surface area contributed by atoms with Crippen LogP contribution in [0.2, 0.25) is 0 Å². The first kappa shape index (κ1) is 17.3. The molecule has 0 bridgehead atoms. The molecule has 1 unspecified atom stereocenters. The molecule has 6 nitrogen and oxygen atoms in total. The molecule has 1 atom stereocenters. The van der Waals surface area contributed by atoms with Crippen LogP contribution >= 0.6 is 0 Å². The second kappa shape index (κ2) is 7.85. The number of aliphatic hydroxyl groups is 1. The van der Waals surface area contributed by atoms with Crippen molar-refractivity contribution in [3.63, 3.8) is 0 Å². The van der Waals surface area contributed by atoms with Crippen molar-refractivity contribution in [2.45, 2.75) is 32.9 Å². The SMILES string of the molecule is COc1ccc(N)cc1NC(=O)C(C)N(CCO)C(C)C. The van der Waals surface area contributed by atoms with Crippen LogP contribution < -0.4 is 15.8 Å². The van der Waals surface area contributed by atoms with E-state index in [2.05, 4.69) is 5.32 Å². The maximum atomic E-state index is 12.4. The van der Waals surface area contributed by atoms with Gasteiger partial charge in [-0.05, 0) is 39.0 Å². The number of amides is 1. The Labute approximate surface area is 125 Å². The number of benzene rings is 1. The molecule has 1 amide bonds. The van der Waals surface area contributed by atoms with E-state index in [9.17, 15) is 4.79 Å². The summed E-state index contributed by atoms with van der Waals surface area (Å²) in [7, 11) is 1.54. The molecule has 0 saturated heterocycles. The second-order valence-corrected chi connectivity index (χ2v) is 5.18. The summed E-state index contributed by atoms with van der Waals surface area (Å²) in [5, 5.41) is 11.9. The number of carbonyl (C=O) groups is 1. The van der Waals surface area contributed by atoms with Crippen molar-refractivity contribution < 1.29 is 14.6 Å². The minimum atomic E-state index is -0.372. The first-order valence-corrected chi connectivity index (χ1v) is 7.01. The quantitative estimate of drug-likeness (QED) is 0.660. The number of ether oxygens (including phenoxy) is 1. The zero-order valence-corrected chi connectivity index (χ0v) is 13.1. The van der Waals surface area contributed by atoms with Gasteiger partial charge in [-0.1, -0.05) is 0 Å². The molecule has 4 N–H and O–H groups in total. The highest BCUT2D eigenvalue weighted by Crippen LogP contribution is 2.26. The van der Waals surface area contributed by atoms with Crippen LogP contribution in [0.1, 0.15) is 20.8 Å². The van der Waals surface area contributed by atoms with Crippen molar-refractivity contribution in [3.05, 3.63) is 18.2 Å². The third-order valence-electron chi connectivity index (χ3n) is 3.38. The number of rotatable bonds is 7. The Bertz CT molecular complexity index is 477. The summed E-state index contributed by atoms with van der Waals surface area (Å²) < 4.78 is 5.21. The van der Waals surface area contributed by atoms with Gasteiger partial charge < -0.3 is 20.9 Å². The molecule has 6 heteroatoms. The monoisotopic (exact) mass is 295 g/mol. The predicted molar refractivity (Wildman–Crippen MR) is 84.4 cm³/mol.